The summed E-state index contributed by atoms with van der Waals surface area (Å²) in [6.45, 7) is -0.0329. The molecule has 20 heavy (non-hydrogen) atoms. The molecule has 0 radical (unpaired) electrons. The van der Waals surface area contributed by atoms with Gasteiger partial charge in [-0.05, 0) is 18.2 Å². The number of alkyl carbamates (subject to hydrolysis) is 1. The van der Waals surface area contributed by atoms with Gasteiger partial charge in [-0.2, -0.15) is 13.2 Å². The van der Waals surface area contributed by atoms with Gasteiger partial charge in [0, 0.05) is 5.56 Å². The smallest absolute Gasteiger partial charge is 0.419 e. The summed E-state index contributed by atoms with van der Waals surface area (Å²) in [5.41, 5.74) is -1.14. The van der Waals surface area contributed by atoms with Gasteiger partial charge in [0.25, 0.3) is 0 Å². The van der Waals surface area contributed by atoms with Crippen LogP contribution >= 0.6 is 0 Å². The molecule has 8 heteroatoms. The van der Waals surface area contributed by atoms with Gasteiger partial charge in [-0.15, -0.1) is 0 Å². The summed E-state index contributed by atoms with van der Waals surface area (Å²) in [4.78, 5) is 21.3. The lowest BCUT2D eigenvalue weighted by atomic mass is 10.1. The summed E-state index contributed by atoms with van der Waals surface area (Å²) < 4.78 is 48.3. The third-order valence-electron chi connectivity index (χ3n) is 2.62. The molecule has 0 bridgehead atoms. The molecule has 1 atom stereocenters. The first-order valence-electron chi connectivity index (χ1n) is 5.64. The highest BCUT2D eigenvalue weighted by atomic mass is 19.4. The largest absolute Gasteiger partial charge is 0.489 e. The molecule has 1 saturated heterocycles. The molecule has 1 unspecified atom stereocenters. The zero-order valence-electron chi connectivity index (χ0n) is 10.1. The topological polar surface area (TPSA) is 64.6 Å². The number of nitrogens with one attached hydrogen (secondary N) is 1. The minimum Gasteiger partial charge on any atom is -0.489 e. The van der Waals surface area contributed by atoms with Crippen molar-refractivity contribution in [3.63, 3.8) is 0 Å². The molecule has 1 aliphatic rings. The number of cyclic esters (lactones) is 1. The van der Waals surface area contributed by atoms with Gasteiger partial charge < -0.3 is 14.8 Å². The van der Waals surface area contributed by atoms with E-state index in [0.717, 1.165) is 6.07 Å². The van der Waals surface area contributed by atoms with Crippen LogP contribution in [0.25, 0.3) is 0 Å². The summed E-state index contributed by atoms with van der Waals surface area (Å²) in [6.07, 6.45) is -5.60. The number of carbonyl (C=O) groups is 2. The van der Waals surface area contributed by atoms with Gasteiger partial charge in [-0.3, -0.25) is 4.79 Å². The Morgan fingerprint density at radius 1 is 1.45 bits per heavy atom. The summed E-state index contributed by atoms with van der Waals surface area (Å²) in [7, 11) is 0. The Morgan fingerprint density at radius 3 is 2.75 bits per heavy atom. The number of hydrogen-bond donors (Lipinski definition) is 1. The Bertz CT molecular complexity index is 530. The first kappa shape index (κ1) is 14.2. The molecule has 2 rings (SSSR count). The van der Waals surface area contributed by atoms with E-state index in [1.807, 2.05) is 0 Å². The Kier molecular flexibility index (Phi) is 3.82. The fraction of sp³-hybridized carbons (Fsp3) is 0.333. The maximum absolute atomic E-state index is 12.8. The summed E-state index contributed by atoms with van der Waals surface area (Å²) in [5.74, 6) is -0.411. The normalized spacial score (nSPS) is 18.4. The van der Waals surface area contributed by atoms with Crippen molar-refractivity contribution in [3.8, 4) is 5.75 Å². The number of aldehydes is 1. The van der Waals surface area contributed by atoms with E-state index in [1.54, 1.807) is 0 Å². The van der Waals surface area contributed by atoms with Crippen molar-refractivity contribution in [2.45, 2.75) is 12.3 Å². The van der Waals surface area contributed by atoms with Crippen LogP contribution in [-0.2, 0) is 10.9 Å². The van der Waals surface area contributed by atoms with Crippen molar-refractivity contribution >= 4 is 12.4 Å². The molecular weight excluding hydrogens is 279 g/mol. The zero-order valence-corrected chi connectivity index (χ0v) is 10.1. The Balaban J connectivity index is 2.14. The molecule has 0 aromatic heterocycles. The summed E-state index contributed by atoms with van der Waals surface area (Å²) >= 11 is 0. The summed E-state index contributed by atoms with van der Waals surface area (Å²) in [6, 6.07) is 2.99. The van der Waals surface area contributed by atoms with E-state index in [-0.39, 0.29) is 18.7 Å². The summed E-state index contributed by atoms with van der Waals surface area (Å²) in [5, 5.41) is 2.36. The first-order valence-corrected chi connectivity index (χ1v) is 5.64. The van der Waals surface area contributed by atoms with E-state index in [2.05, 4.69) is 5.32 Å². The highest BCUT2D eigenvalue weighted by Crippen LogP contribution is 2.36. The third kappa shape index (κ3) is 3.19. The highest BCUT2D eigenvalue weighted by molar-refractivity contribution is 5.75. The fourth-order valence-electron chi connectivity index (χ4n) is 1.68. The lowest BCUT2D eigenvalue weighted by molar-refractivity contribution is -0.139. The predicted molar refractivity (Wildman–Crippen MR) is 60.6 cm³/mol. The van der Waals surface area contributed by atoms with Crippen LogP contribution < -0.4 is 10.1 Å². The number of alkyl halides is 3. The number of rotatable bonds is 4. The van der Waals surface area contributed by atoms with Gasteiger partial charge >= 0.3 is 12.3 Å². The molecular formula is C12H10F3NO4. The number of halogens is 3. The molecule has 0 spiro atoms. The van der Waals surface area contributed by atoms with Gasteiger partial charge in [0.05, 0.1) is 12.1 Å². The van der Waals surface area contributed by atoms with Gasteiger partial charge in [-0.25, -0.2) is 4.79 Å². The van der Waals surface area contributed by atoms with Crippen LogP contribution in [0.3, 0.4) is 0 Å². The van der Waals surface area contributed by atoms with E-state index < -0.39 is 29.7 Å². The maximum atomic E-state index is 12.8. The van der Waals surface area contributed by atoms with Gasteiger partial charge in [0.15, 0.2) is 6.10 Å². The van der Waals surface area contributed by atoms with E-state index in [1.165, 1.54) is 6.07 Å². The molecule has 1 aliphatic heterocycles. The number of carbonyl (C=O) groups excluding carboxylic acids is 2. The van der Waals surface area contributed by atoms with Crippen LogP contribution in [-0.4, -0.2) is 31.6 Å². The quantitative estimate of drug-likeness (QED) is 0.861. The second-order valence-electron chi connectivity index (χ2n) is 4.09. The second kappa shape index (κ2) is 5.40. The minimum atomic E-state index is -4.64. The fourth-order valence-corrected chi connectivity index (χ4v) is 1.68. The first-order chi connectivity index (χ1) is 9.40. The molecule has 108 valence electrons. The van der Waals surface area contributed by atoms with E-state index in [9.17, 15) is 22.8 Å². The van der Waals surface area contributed by atoms with Crippen LogP contribution in [0, 0.1) is 0 Å². The Labute approximate surface area is 111 Å². The minimum absolute atomic E-state index is 0.0985. The predicted octanol–water partition coefficient (Wildman–Crippen LogP) is 2.01. The van der Waals surface area contributed by atoms with Crippen molar-refractivity contribution in [2.24, 2.45) is 0 Å². The van der Waals surface area contributed by atoms with Crippen molar-refractivity contribution < 1.29 is 32.2 Å². The molecule has 1 aromatic carbocycles. The Hall–Kier alpha value is -2.25. The number of hydrogen-bond acceptors (Lipinski definition) is 4. The zero-order chi connectivity index (χ0) is 14.8. The second-order valence-corrected chi connectivity index (χ2v) is 4.09. The van der Waals surface area contributed by atoms with Crippen molar-refractivity contribution in [1.82, 2.24) is 5.32 Å². The van der Waals surface area contributed by atoms with Crippen LogP contribution in [0.2, 0.25) is 0 Å². The average Bonchev–Trinajstić information content (AvgIpc) is 2.81. The maximum Gasteiger partial charge on any atom is 0.419 e. The van der Waals surface area contributed by atoms with E-state index >= 15 is 0 Å². The number of benzene rings is 1. The molecule has 0 saturated carbocycles. The van der Waals surface area contributed by atoms with Crippen molar-refractivity contribution in [2.75, 3.05) is 13.2 Å². The molecule has 5 nitrogen and oxygen atoms in total. The third-order valence-corrected chi connectivity index (χ3v) is 2.62. The lowest BCUT2D eigenvalue weighted by Crippen LogP contribution is -2.23. The van der Waals surface area contributed by atoms with E-state index in [4.69, 9.17) is 9.47 Å². The SMILES string of the molecule is O=Cc1ccc(OCC2CNC(=O)O2)c(C(F)(F)F)c1. The van der Waals surface area contributed by atoms with Crippen molar-refractivity contribution in [3.05, 3.63) is 29.3 Å². The molecule has 1 fully saturated rings. The average molecular weight is 289 g/mol. The molecule has 1 amide bonds. The number of amides is 1. The standard InChI is InChI=1S/C12H10F3NO4/c13-12(14,15)9-3-7(5-17)1-2-10(9)19-6-8-4-16-11(18)20-8/h1-3,5,8H,4,6H2,(H,16,18). The van der Waals surface area contributed by atoms with Crippen LogP contribution in [0.4, 0.5) is 18.0 Å². The number of ether oxygens (including phenoxy) is 2. The molecule has 1 aromatic rings. The monoisotopic (exact) mass is 289 g/mol. The van der Waals surface area contributed by atoms with Crippen LogP contribution in [0.5, 0.6) is 5.75 Å². The lowest BCUT2D eigenvalue weighted by Gasteiger charge is -2.16. The van der Waals surface area contributed by atoms with Gasteiger partial charge in [0.1, 0.15) is 18.6 Å². The van der Waals surface area contributed by atoms with Gasteiger partial charge in [-0.1, -0.05) is 0 Å². The van der Waals surface area contributed by atoms with Gasteiger partial charge in [0.2, 0.25) is 0 Å². The van der Waals surface area contributed by atoms with E-state index in [0.29, 0.717) is 12.4 Å². The molecule has 1 heterocycles. The van der Waals surface area contributed by atoms with Crippen LogP contribution in [0.1, 0.15) is 15.9 Å². The van der Waals surface area contributed by atoms with Crippen LogP contribution in [0.15, 0.2) is 18.2 Å². The van der Waals surface area contributed by atoms with Crippen molar-refractivity contribution in [1.29, 1.82) is 0 Å². The highest BCUT2D eigenvalue weighted by Gasteiger charge is 2.35. The molecule has 0 aliphatic carbocycles. The molecule has 1 N–H and O–H groups in total. The Morgan fingerprint density at radius 2 is 2.20 bits per heavy atom.